The van der Waals surface area contributed by atoms with Crippen LogP contribution < -0.4 is 0 Å². The highest BCUT2D eigenvalue weighted by Gasteiger charge is 2.24. The van der Waals surface area contributed by atoms with E-state index in [9.17, 15) is 15.2 Å². The zero-order valence-corrected chi connectivity index (χ0v) is 12.8. The molecule has 0 amide bonds. The smallest absolute Gasteiger partial charge is 0.270 e. The number of benzene rings is 2. The van der Waals surface area contributed by atoms with Gasteiger partial charge in [0.15, 0.2) is 0 Å². The second kappa shape index (κ2) is 5.97. The summed E-state index contributed by atoms with van der Waals surface area (Å²) in [6.07, 6.45) is 1.45. The number of hydrogen-bond donors (Lipinski definition) is 1. The predicted molar refractivity (Wildman–Crippen MR) is 87.2 cm³/mol. The molecule has 114 valence electrons. The standard InChI is InChI=1S/C17H18N2O3/c1-17(2,3)15-10-14(19(21)22)9-12(16(15)20)11-18-13-7-5-4-6-8-13/h4-11,20H,1-3H3. The fraction of sp³-hybridized carbons (Fsp3) is 0.235. The van der Waals surface area contributed by atoms with Gasteiger partial charge in [-0.2, -0.15) is 0 Å². The van der Waals surface area contributed by atoms with Crippen molar-refractivity contribution in [3.05, 3.63) is 63.7 Å². The lowest BCUT2D eigenvalue weighted by molar-refractivity contribution is -0.385. The number of aromatic hydroxyl groups is 1. The predicted octanol–water partition coefficient (Wildman–Crippen LogP) is 4.35. The molecule has 0 bridgehead atoms. The molecule has 0 aliphatic carbocycles. The molecule has 22 heavy (non-hydrogen) atoms. The number of nitro groups is 1. The van der Waals surface area contributed by atoms with Crippen LogP contribution in [0.1, 0.15) is 31.9 Å². The number of rotatable bonds is 3. The molecule has 5 heteroatoms. The van der Waals surface area contributed by atoms with E-state index in [0.29, 0.717) is 16.8 Å². The van der Waals surface area contributed by atoms with E-state index in [1.807, 2.05) is 51.1 Å². The molecule has 0 radical (unpaired) electrons. The van der Waals surface area contributed by atoms with E-state index in [0.717, 1.165) is 0 Å². The van der Waals surface area contributed by atoms with Crippen LogP contribution in [0.5, 0.6) is 5.75 Å². The van der Waals surface area contributed by atoms with Crippen molar-refractivity contribution in [3.8, 4) is 5.75 Å². The van der Waals surface area contributed by atoms with Gasteiger partial charge in [-0.05, 0) is 17.5 Å². The summed E-state index contributed by atoms with van der Waals surface area (Å²) in [6, 6.07) is 11.9. The maximum atomic E-state index is 11.1. The Labute approximate surface area is 129 Å². The molecule has 0 aliphatic heterocycles. The van der Waals surface area contributed by atoms with Crippen LogP contribution in [-0.4, -0.2) is 16.2 Å². The Morgan fingerprint density at radius 1 is 1.18 bits per heavy atom. The Bertz CT molecular complexity index is 717. The Kier molecular flexibility index (Phi) is 4.26. The van der Waals surface area contributed by atoms with Gasteiger partial charge in [0.2, 0.25) is 0 Å². The quantitative estimate of drug-likeness (QED) is 0.520. The van der Waals surface area contributed by atoms with Crippen LogP contribution in [-0.2, 0) is 5.41 Å². The number of phenols is 1. The summed E-state index contributed by atoms with van der Waals surface area (Å²) in [6.45, 7) is 5.68. The lowest BCUT2D eigenvalue weighted by atomic mass is 9.85. The lowest BCUT2D eigenvalue weighted by Gasteiger charge is -2.21. The van der Waals surface area contributed by atoms with E-state index >= 15 is 0 Å². The van der Waals surface area contributed by atoms with Crippen LogP contribution in [0, 0.1) is 10.1 Å². The molecule has 0 heterocycles. The number of hydrogen-bond acceptors (Lipinski definition) is 4. The molecule has 0 fully saturated rings. The first-order valence-electron chi connectivity index (χ1n) is 6.90. The SMILES string of the molecule is CC(C)(C)c1cc([N+](=O)[O-])cc(C=Nc2ccccc2)c1O. The van der Waals surface area contributed by atoms with Crippen LogP contribution in [0.4, 0.5) is 11.4 Å². The summed E-state index contributed by atoms with van der Waals surface area (Å²) in [4.78, 5) is 14.9. The summed E-state index contributed by atoms with van der Waals surface area (Å²) in [7, 11) is 0. The number of nitro benzene ring substituents is 1. The fourth-order valence-corrected chi connectivity index (χ4v) is 2.07. The highest BCUT2D eigenvalue weighted by atomic mass is 16.6. The largest absolute Gasteiger partial charge is 0.507 e. The van der Waals surface area contributed by atoms with Crippen molar-refractivity contribution in [1.82, 2.24) is 0 Å². The number of phenolic OH excluding ortho intramolecular Hbond substituents is 1. The van der Waals surface area contributed by atoms with Gasteiger partial charge >= 0.3 is 0 Å². The van der Waals surface area contributed by atoms with E-state index in [4.69, 9.17) is 0 Å². The summed E-state index contributed by atoms with van der Waals surface area (Å²) >= 11 is 0. The summed E-state index contributed by atoms with van der Waals surface area (Å²) < 4.78 is 0. The molecule has 2 aromatic carbocycles. The Morgan fingerprint density at radius 3 is 2.36 bits per heavy atom. The molecular weight excluding hydrogens is 280 g/mol. The minimum Gasteiger partial charge on any atom is -0.507 e. The van der Waals surface area contributed by atoms with Gasteiger partial charge in [-0.3, -0.25) is 15.1 Å². The van der Waals surface area contributed by atoms with Gasteiger partial charge in [0.1, 0.15) is 5.75 Å². The molecule has 0 saturated carbocycles. The first-order valence-corrected chi connectivity index (χ1v) is 6.90. The average Bonchev–Trinajstić information content (AvgIpc) is 2.45. The first-order chi connectivity index (χ1) is 10.3. The van der Waals surface area contributed by atoms with Crippen molar-refractivity contribution in [2.24, 2.45) is 4.99 Å². The third kappa shape index (κ3) is 3.49. The molecule has 1 N–H and O–H groups in total. The zero-order chi connectivity index (χ0) is 16.3. The number of nitrogens with zero attached hydrogens (tertiary/aromatic N) is 2. The third-order valence-electron chi connectivity index (χ3n) is 3.25. The molecule has 5 nitrogen and oxygen atoms in total. The highest BCUT2D eigenvalue weighted by Crippen LogP contribution is 2.36. The normalized spacial score (nSPS) is 11.8. The molecule has 0 aromatic heterocycles. The molecule has 0 atom stereocenters. The minimum absolute atomic E-state index is 0.0257. The van der Waals surface area contributed by atoms with Gasteiger partial charge in [-0.25, -0.2) is 0 Å². The van der Waals surface area contributed by atoms with Gasteiger partial charge < -0.3 is 5.11 Å². The molecule has 0 aliphatic rings. The molecule has 2 aromatic rings. The van der Waals surface area contributed by atoms with Gasteiger partial charge in [0, 0.05) is 29.5 Å². The van der Waals surface area contributed by atoms with Crippen LogP contribution in [0.2, 0.25) is 0 Å². The second-order valence-corrected chi connectivity index (χ2v) is 6.03. The van der Waals surface area contributed by atoms with E-state index in [1.54, 1.807) is 0 Å². The maximum absolute atomic E-state index is 11.1. The Hall–Kier alpha value is -2.69. The van der Waals surface area contributed by atoms with Crippen molar-refractivity contribution in [2.75, 3.05) is 0 Å². The lowest BCUT2D eigenvalue weighted by Crippen LogP contribution is -2.12. The van der Waals surface area contributed by atoms with Crippen molar-refractivity contribution < 1.29 is 10.0 Å². The number of aliphatic imine (C=N–C) groups is 1. The molecule has 0 unspecified atom stereocenters. The highest BCUT2D eigenvalue weighted by molar-refractivity contribution is 5.87. The topological polar surface area (TPSA) is 75.7 Å². The van der Waals surface area contributed by atoms with Crippen molar-refractivity contribution in [1.29, 1.82) is 0 Å². The van der Waals surface area contributed by atoms with Crippen LogP contribution >= 0.6 is 0 Å². The zero-order valence-electron chi connectivity index (χ0n) is 12.8. The van der Waals surface area contributed by atoms with Gasteiger partial charge in [0.25, 0.3) is 5.69 Å². The van der Waals surface area contributed by atoms with Crippen molar-refractivity contribution in [2.45, 2.75) is 26.2 Å². The van der Waals surface area contributed by atoms with E-state index in [2.05, 4.69) is 4.99 Å². The second-order valence-electron chi connectivity index (χ2n) is 6.03. The first kappa shape index (κ1) is 15.7. The molecule has 0 spiro atoms. The summed E-state index contributed by atoms with van der Waals surface area (Å²) in [5, 5.41) is 21.5. The minimum atomic E-state index is -0.464. The van der Waals surface area contributed by atoms with Crippen molar-refractivity contribution >= 4 is 17.6 Å². The van der Waals surface area contributed by atoms with Crippen molar-refractivity contribution in [3.63, 3.8) is 0 Å². The van der Waals surface area contributed by atoms with Crippen LogP contribution in [0.25, 0.3) is 0 Å². The molecule has 0 saturated heterocycles. The Balaban J connectivity index is 2.53. The van der Waals surface area contributed by atoms with Crippen LogP contribution in [0.3, 0.4) is 0 Å². The Morgan fingerprint density at radius 2 is 1.82 bits per heavy atom. The number of non-ortho nitro benzene ring substituents is 1. The van der Waals surface area contributed by atoms with E-state index in [-0.39, 0.29) is 11.4 Å². The fourth-order valence-electron chi connectivity index (χ4n) is 2.07. The molecule has 2 rings (SSSR count). The van der Waals surface area contributed by atoms with Gasteiger partial charge in [0.05, 0.1) is 10.6 Å². The van der Waals surface area contributed by atoms with E-state index < -0.39 is 10.3 Å². The maximum Gasteiger partial charge on any atom is 0.270 e. The summed E-state index contributed by atoms with van der Waals surface area (Å²) in [5.74, 6) is 0.0257. The van der Waals surface area contributed by atoms with Crippen LogP contribution in [0.15, 0.2) is 47.5 Å². The van der Waals surface area contributed by atoms with Gasteiger partial charge in [-0.15, -0.1) is 0 Å². The third-order valence-corrected chi connectivity index (χ3v) is 3.25. The number of para-hydroxylation sites is 1. The summed E-state index contributed by atoms with van der Waals surface area (Å²) in [5.41, 5.74) is 1.10. The van der Waals surface area contributed by atoms with Gasteiger partial charge in [-0.1, -0.05) is 39.0 Å². The monoisotopic (exact) mass is 298 g/mol. The molecular formula is C17H18N2O3. The van der Waals surface area contributed by atoms with E-state index in [1.165, 1.54) is 18.3 Å². The average molecular weight is 298 g/mol.